The van der Waals surface area contributed by atoms with Crippen LogP contribution in [0.4, 0.5) is 13.2 Å². The molecule has 1 fully saturated rings. The zero-order valence-electron chi connectivity index (χ0n) is 13.5. The van der Waals surface area contributed by atoms with Crippen LogP contribution in [0.15, 0.2) is 24.3 Å². The van der Waals surface area contributed by atoms with Gasteiger partial charge in [-0.3, -0.25) is 4.90 Å². The first kappa shape index (κ1) is 16.9. The van der Waals surface area contributed by atoms with E-state index in [1.807, 2.05) is 0 Å². The second-order valence-electron chi connectivity index (χ2n) is 6.20. The van der Waals surface area contributed by atoms with Gasteiger partial charge in [0.2, 0.25) is 0 Å². The van der Waals surface area contributed by atoms with Crippen LogP contribution in [-0.4, -0.2) is 38.2 Å². The highest BCUT2D eigenvalue weighted by Crippen LogP contribution is 2.29. The van der Waals surface area contributed by atoms with Crippen molar-refractivity contribution in [2.45, 2.75) is 38.9 Å². The van der Waals surface area contributed by atoms with Crippen LogP contribution in [-0.2, 0) is 12.7 Å². The van der Waals surface area contributed by atoms with E-state index in [-0.39, 0.29) is 0 Å². The highest BCUT2D eigenvalue weighted by Gasteiger charge is 2.30. The van der Waals surface area contributed by atoms with E-state index in [9.17, 15) is 13.2 Å². The van der Waals surface area contributed by atoms with Crippen LogP contribution in [0.5, 0.6) is 0 Å². The second-order valence-corrected chi connectivity index (χ2v) is 6.20. The average molecular weight is 339 g/mol. The number of likely N-dealkylation sites (tertiary alicyclic amines) is 1. The Morgan fingerprint density at radius 3 is 2.62 bits per heavy atom. The fourth-order valence-electron chi connectivity index (χ4n) is 3.12. The molecule has 0 bridgehead atoms. The predicted molar refractivity (Wildman–Crippen MR) is 82.4 cm³/mol. The first-order valence-electron chi connectivity index (χ1n) is 8.14. The summed E-state index contributed by atoms with van der Waals surface area (Å²) in [5.74, 6) is 1.33. The van der Waals surface area contributed by atoms with Crippen molar-refractivity contribution in [1.29, 1.82) is 0 Å². The summed E-state index contributed by atoms with van der Waals surface area (Å²) < 4.78 is 39.5. The third-order valence-electron chi connectivity index (χ3n) is 4.52. The maximum absolute atomic E-state index is 12.7. The lowest BCUT2D eigenvalue weighted by molar-refractivity contribution is -0.137. The van der Waals surface area contributed by atoms with Crippen LogP contribution < -0.4 is 0 Å². The number of rotatable bonds is 4. The summed E-state index contributed by atoms with van der Waals surface area (Å²) in [5, 5.41) is 11.7. The molecule has 1 aliphatic rings. The molecule has 5 nitrogen and oxygen atoms in total. The molecule has 3 rings (SSSR count). The normalized spacial score (nSPS) is 19.6. The quantitative estimate of drug-likeness (QED) is 0.857. The molecule has 2 aromatic rings. The van der Waals surface area contributed by atoms with E-state index in [1.54, 1.807) is 0 Å². The lowest BCUT2D eigenvalue weighted by Crippen LogP contribution is -2.35. The van der Waals surface area contributed by atoms with Crippen molar-refractivity contribution in [3.05, 3.63) is 35.7 Å². The van der Waals surface area contributed by atoms with Crippen LogP contribution in [0.3, 0.4) is 0 Å². The van der Waals surface area contributed by atoms with Crippen LogP contribution in [0.1, 0.15) is 37.6 Å². The Labute approximate surface area is 138 Å². The van der Waals surface area contributed by atoms with Crippen molar-refractivity contribution >= 4 is 0 Å². The van der Waals surface area contributed by atoms with Gasteiger partial charge in [-0.05, 0) is 60.0 Å². The molecule has 1 saturated heterocycles. The highest BCUT2D eigenvalue weighted by molar-refractivity contribution is 5.35. The molecule has 0 N–H and O–H groups in total. The molecule has 1 aromatic heterocycles. The van der Waals surface area contributed by atoms with E-state index in [1.165, 1.54) is 23.2 Å². The van der Waals surface area contributed by atoms with E-state index in [4.69, 9.17) is 0 Å². The Morgan fingerprint density at radius 1 is 1.21 bits per heavy atom. The van der Waals surface area contributed by atoms with E-state index >= 15 is 0 Å². The molecule has 0 amide bonds. The molecule has 1 aliphatic heterocycles. The molecule has 0 saturated carbocycles. The number of nitrogens with zero attached hydrogens (tertiary/aromatic N) is 5. The molecule has 1 unspecified atom stereocenters. The van der Waals surface area contributed by atoms with E-state index < -0.39 is 11.7 Å². The topological polar surface area (TPSA) is 46.8 Å². The Balaban J connectivity index is 1.75. The Morgan fingerprint density at radius 2 is 1.96 bits per heavy atom. The van der Waals surface area contributed by atoms with Crippen LogP contribution in [0.2, 0.25) is 0 Å². The predicted octanol–water partition coefficient (Wildman–Crippen LogP) is 3.30. The Bertz CT molecular complexity index is 665. The van der Waals surface area contributed by atoms with Gasteiger partial charge in [-0.2, -0.15) is 17.9 Å². The largest absolute Gasteiger partial charge is 0.416 e. The minimum absolute atomic E-state index is 0.534. The maximum Gasteiger partial charge on any atom is 0.416 e. The molecular weight excluding hydrogens is 319 g/mol. The summed E-state index contributed by atoms with van der Waals surface area (Å²) in [6.07, 6.45) is -0.789. The van der Waals surface area contributed by atoms with Gasteiger partial charge >= 0.3 is 6.18 Å². The second kappa shape index (κ2) is 6.88. The standard InChI is InChI=1S/C16H20F3N5/c1-2-12-4-3-9-23(10-12)11-15-20-21-22-24(15)14-7-5-13(6-8-14)16(17,18)19/h5-8,12H,2-4,9-11H2,1H3. The summed E-state index contributed by atoms with van der Waals surface area (Å²) in [4.78, 5) is 2.31. The molecule has 1 atom stereocenters. The first-order valence-corrected chi connectivity index (χ1v) is 8.14. The zero-order valence-corrected chi connectivity index (χ0v) is 13.5. The average Bonchev–Trinajstić information content (AvgIpc) is 3.02. The van der Waals surface area contributed by atoms with Crippen LogP contribution in [0, 0.1) is 5.92 Å². The molecule has 0 aliphatic carbocycles. The third kappa shape index (κ3) is 3.75. The van der Waals surface area contributed by atoms with Gasteiger partial charge in [0.25, 0.3) is 0 Å². The van der Waals surface area contributed by atoms with Gasteiger partial charge in [-0.25, -0.2) is 0 Å². The van der Waals surface area contributed by atoms with E-state index in [0.29, 0.717) is 24.0 Å². The Kier molecular flexibility index (Phi) is 4.84. The van der Waals surface area contributed by atoms with Crippen LogP contribution >= 0.6 is 0 Å². The minimum Gasteiger partial charge on any atom is -0.296 e. The number of benzene rings is 1. The molecule has 24 heavy (non-hydrogen) atoms. The molecule has 0 spiro atoms. The van der Waals surface area contributed by atoms with E-state index in [2.05, 4.69) is 27.3 Å². The molecule has 0 radical (unpaired) electrons. The SMILES string of the molecule is CCC1CCCN(Cc2nnnn2-c2ccc(C(F)(F)F)cc2)C1. The van der Waals surface area contributed by atoms with Crippen molar-refractivity contribution < 1.29 is 13.2 Å². The summed E-state index contributed by atoms with van der Waals surface area (Å²) in [7, 11) is 0. The summed E-state index contributed by atoms with van der Waals surface area (Å²) in [5.41, 5.74) is -0.144. The fourth-order valence-corrected chi connectivity index (χ4v) is 3.12. The summed E-state index contributed by atoms with van der Waals surface area (Å²) in [6.45, 7) is 4.80. The van der Waals surface area contributed by atoms with Crippen molar-refractivity contribution in [2.24, 2.45) is 5.92 Å². The first-order chi connectivity index (χ1) is 11.5. The Hall–Kier alpha value is -1.96. The van der Waals surface area contributed by atoms with Crippen molar-refractivity contribution in [3.63, 3.8) is 0 Å². The summed E-state index contributed by atoms with van der Waals surface area (Å²) >= 11 is 0. The minimum atomic E-state index is -4.34. The molecule has 1 aromatic carbocycles. The van der Waals surface area contributed by atoms with Gasteiger partial charge in [0.15, 0.2) is 5.82 Å². The number of aromatic nitrogens is 4. The maximum atomic E-state index is 12.7. The fraction of sp³-hybridized carbons (Fsp3) is 0.562. The highest BCUT2D eigenvalue weighted by atomic mass is 19.4. The van der Waals surface area contributed by atoms with Crippen molar-refractivity contribution in [1.82, 2.24) is 25.1 Å². The zero-order chi connectivity index (χ0) is 17.2. The number of piperidine rings is 1. The molecule has 2 heterocycles. The number of halogens is 3. The van der Waals surface area contributed by atoms with E-state index in [0.717, 1.165) is 38.1 Å². The number of tetrazole rings is 1. The number of hydrogen-bond acceptors (Lipinski definition) is 4. The lowest BCUT2D eigenvalue weighted by Gasteiger charge is -2.31. The summed E-state index contributed by atoms with van der Waals surface area (Å²) in [6, 6.07) is 4.89. The van der Waals surface area contributed by atoms with Gasteiger partial charge in [0, 0.05) is 6.54 Å². The number of alkyl halides is 3. The van der Waals surface area contributed by atoms with Gasteiger partial charge in [0.05, 0.1) is 17.8 Å². The molecular formula is C16H20F3N5. The monoisotopic (exact) mass is 339 g/mol. The van der Waals surface area contributed by atoms with Crippen molar-refractivity contribution in [2.75, 3.05) is 13.1 Å². The van der Waals surface area contributed by atoms with Gasteiger partial charge in [-0.15, -0.1) is 5.10 Å². The van der Waals surface area contributed by atoms with Gasteiger partial charge < -0.3 is 0 Å². The third-order valence-corrected chi connectivity index (χ3v) is 4.52. The lowest BCUT2D eigenvalue weighted by atomic mass is 9.96. The van der Waals surface area contributed by atoms with Crippen molar-refractivity contribution in [3.8, 4) is 5.69 Å². The van der Waals surface area contributed by atoms with Gasteiger partial charge in [0.1, 0.15) is 0 Å². The van der Waals surface area contributed by atoms with Crippen LogP contribution in [0.25, 0.3) is 5.69 Å². The smallest absolute Gasteiger partial charge is 0.296 e. The molecule has 130 valence electrons. The molecule has 8 heteroatoms. The number of hydrogen-bond donors (Lipinski definition) is 0. The van der Waals surface area contributed by atoms with Gasteiger partial charge in [-0.1, -0.05) is 13.3 Å².